The van der Waals surface area contributed by atoms with Crippen LogP contribution in [0.15, 0.2) is 42.5 Å². The van der Waals surface area contributed by atoms with Gasteiger partial charge >= 0.3 is 0 Å². The Hall–Kier alpha value is -3.02. The molecule has 0 unspecified atom stereocenters. The van der Waals surface area contributed by atoms with Crippen LogP contribution in [0.2, 0.25) is 0 Å². The summed E-state index contributed by atoms with van der Waals surface area (Å²) in [5.74, 6) is 0.930. The normalized spacial score (nSPS) is 15.0. The molecule has 2 aromatic rings. The van der Waals surface area contributed by atoms with Gasteiger partial charge in [-0.25, -0.2) is 0 Å². The second-order valence-electron chi connectivity index (χ2n) is 8.00. The molecule has 154 valence electrons. The zero-order chi connectivity index (χ0) is 21.2. The minimum atomic E-state index is -0.976. The van der Waals surface area contributed by atoms with Crippen molar-refractivity contribution in [2.45, 2.75) is 52.7 Å². The number of amides is 2. The van der Waals surface area contributed by atoms with Crippen molar-refractivity contribution in [3.63, 3.8) is 0 Å². The summed E-state index contributed by atoms with van der Waals surface area (Å²) in [6.45, 7) is 9.57. The van der Waals surface area contributed by atoms with E-state index in [4.69, 9.17) is 9.47 Å². The minimum Gasteiger partial charge on any atom is -0.489 e. The second-order valence-corrected chi connectivity index (χ2v) is 8.00. The number of carbonyl (C=O) groups excluding carboxylic acids is 2. The van der Waals surface area contributed by atoms with Crippen molar-refractivity contribution in [1.82, 2.24) is 0 Å². The summed E-state index contributed by atoms with van der Waals surface area (Å²) in [4.78, 5) is 27.2. The molecule has 1 N–H and O–H groups in total. The highest BCUT2D eigenvalue weighted by atomic mass is 16.5. The maximum Gasteiger partial charge on any atom is 0.270 e. The fourth-order valence-corrected chi connectivity index (χ4v) is 3.25. The molecule has 1 heterocycles. The number of hydrogen-bond donors (Lipinski definition) is 1. The smallest absolute Gasteiger partial charge is 0.270 e. The van der Waals surface area contributed by atoms with Gasteiger partial charge in [0.15, 0.2) is 5.60 Å². The summed E-state index contributed by atoms with van der Waals surface area (Å²) in [7, 11) is 0. The monoisotopic (exact) mass is 396 g/mol. The highest BCUT2D eigenvalue weighted by molar-refractivity contribution is 6.03. The van der Waals surface area contributed by atoms with Crippen LogP contribution in [0, 0.1) is 6.92 Å². The molecule has 2 aromatic carbocycles. The molecule has 6 heteroatoms. The molecule has 1 aliphatic rings. The molecule has 0 radical (unpaired) electrons. The molecule has 0 spiro atoms. The van der Waals surface area contributed by atoms with Crippen molar-refractivity contribution in [1.29, 1.82) is 0 Å². The van der Waals surface area contributed by atoms with E-state index in [0.717, 1.165) is 5.56 Å². The Labute approximate surface area is 171 Å². The number of carbonyl (C=O) groups is 2. The number of hydrogen-bond acceptors (Lipinski definition) is 4. The Balaban J connectivity index is 1.73. The van der Waals surface area contributed by atoms with Crippen LogP contribution in [-0.2, 0) is 9.59 Å². The number of nitrogens with one attached hydrogen (secondary N) is 1. The third-order valence-corrected chi connectivity index (χ3v) is 4.62. The molecule has 0 aromatic heterocycles. The zero-order valence-corrected chi connectivity index (χ0v) is 17.6. The van der Waals surface area contributed by atoms with E-state index < -0.39 is 5.60 Å². The first-order valence-electron chi connectivity index (χ1n) is 9.84. The summed E-state index contributed by atoms with van der Waals surface area (Å²) >= 11 is 0. The van der Waals surface area contributed by atoms with Crippen LogP contribution in [0.1, 0.15) is 39.7 Å². The van der Waals surface area contributed by atoms with E-state index in [-0.39, 0.29) is 30.9 Å². The lowest BCUT2D eigenvalue weighted by Crippen LogP contribution is -2.53. The molecule has 29 heavy (non-hydrogen) atoms. The van der Waals surface area contributed by atoms with Gasteiger partial charge in [-0.2, -0.15) is 0 Å². The van der Waals surface area contributed by atoms with Crippen LogP contribution < -0.4 is 19.7 Å². The van der Waals surface area contributed by atoms with Gasteiger partial charge in [0.05, 0.1) is 17.5 Å². The molecule has 0 saturated carbocycles. The average Bonchev–Trinajstić information content (AvgIpc) is 2.64. The molecule has 3 rings (SSSR count). The fourth-order valence-electron chi connectivity index (χ4n) is 3.25. The second kappa shape index (κ2) is 8.15. The third-order valence-electron chi connectivity index (χ3n) is 4.62. The summed E-state index contributed by atoms with van der Waals surface area (Å²) < 4.78 is 11.6. The number of rotatable bonds is 6. The molecule has 0 bridgehead atoms. The molecule has 0 atom stereocenters. The van der Waals surface area contributed by atoms with Gasteiger partial charge in [0, 0.05) is 13.0 Å². The van der Waals surface area contributed by atoms with Gasteiger partial charge in [0.25, 0.3) is 5.91 Å². The van der Waals surface area contributed by atoms with Gasteiger partial charge in [-0.05, 0) is 64.4 Å². The van der Waals surface area contributed by atoms with Gasteiger partial charge in [0.2, 0.25) is 5.91 Å². The molecule has 2 amide bonds. The maximum atomic E-state index is 12.9. The lowest BCUT2D eigenvalue weighted by Gasteiger charge is -2.38. The SMILES string of the molecule is Cc1ccc2c(c1)N(CCC(=O)Nc1ccccc1OC(C)C)C(=O)C(C)(C)O2. The van der Waals surface area contributed by atoms with E-state index >= 15 is 0 Å². The quantitative estimate of drug-likeness (QED) is 0.790. The van der Waals surface area contributed by atoms with Crippen molar-refractivity contribution in [2.75, 3.05) is 16.8 Å². The van der Waals surface area contributed by atoms with Crippen molar-refractivity contribution in [2.24, 2.45) is 0 Å². The molecule has 6 nitrogen and oxygen atoms in total. The van der Waals surface area contributed by atoms with E-state index in [1.807, 2.05) is 57.2 Å². The van der Waals surface area contributed by atoms with E-state index in [2.05, 4.69) is 5.32 Å². The minimum absolute atomic E-state index is 0.000922. The van der Waals surface area contributed by atoms with Crippen LogP contribution in [0.3, 0.4) is 0 Å². The maximum absolute atomic E-state index is 12.9. The predicted molar refractivity (Wildman–Crippen MR) is 114 cm³/mol. The van der Waals surface area contributed by atoms with Gasteiger partial charge < -0.3 is 19.7 Å². The van der Waals surface area contributed by atoms with Gasteiger partial charge in [-0.15, -0.1) is 0 Å². The number of para-hydroxylation sites is 2. The van der Waals surface area contributed by atoms with Gasteiger partial charge in [-0.1, -0.05) is 18.2 Å². The Morgan fingerprint density at radius 3 is 2.66 bits per heavy atom. The Bertz CT molecular complexity index is 921. The fraction of sp³-hybridized carbons (Fsp3) is 0.391. The standard InChI is InChI=1S/C23H28N2O4/c1-15(2)28-19-9-7-6-8-17(19)24-21(26)12-13-25-18-14-16(3)10-11-20(18)29-23(4,5)22(25)27/h6-11,14-15H,12-13H2,1-5H3,(H,24,26). The molecule has 0 saturated heterocycles. The zero-order valence-electron chi connectivity index (χ0n) is 17.6. The lowest BCUT2D eigenvalue weighted by molar-refractivity contribution is -0.132. The first-order chi connectivity index (χ1) is 13.7. The predicted octanol–water partition coefficient (Wildman–Crippen LogP) is 4.32. The van der Waals surface area contributed by atoms with Crippen LogP contribution in [-0.4, -0.2) is 30.1 Å². The van der Waals surface area contributed by atoms with E-state index in [9.17, 15) is 9.59 Å². The molecular weight excluding hydrogens is 368 g/mol. The van der Waals surface area contributed by atoms with E-state index in [0.29, 0.717) is 22.9 Å². The Morgan fingerprint density at radius 2 is 1.93 bits per heavy atom. The average molecular weight is 396 g/mol. The molecular formula is C23H28N2O4. The Kier molecular flexibility index (Phi) is 5.82. The van der Waals surface area contributed by atoms with Crippen molar-refractivity contribution in [3.8, 4) is 11.5 Å². The number of anilines is 2. The van der Waals surface area contributed by atoms with Crippen molar-refractivity contribution in [3.05, 3.63) is 48.0 Å². The highest BCUT2D eigenvalue weighted by Crippen LogP contribution is 2.38. The van der Waals surface area contributed by atoms with Crippen LogP contribution in [0.5, 0.6) is 11.5 Å². The highest BCUT2D eigenvalue weighted by Gasteiger charge is 2.40. The summed E-state index contributed by atoms with van der Waals surface area (Å²) in [5.41, 5.74) is 1.37. The molecule has 0 aliphatic carbocycles. The van der Waals surface area contributed by atoms with E-state index in [1.165, 1.54) is 0 Å². The van der Waals surface area contributed by atoms with Gasteiger partial charge in [-0.3, -0.25) is 9.59 Å². The number of aryl methyl sites for hydroxylation is 1. The first kappa shape index (κ1) is 20.7. The lowest BCUT2D eigenvalue weighted by atomic mass is 10.0. The van der Waals surface area contributed by atoms with Crippen molar-refractivity contribution < 1.29 is 19.1 Å². The number of nitrogens with zero attached hydrogens (tertiary/aromatic N) is 1. The summed E-state index contributed by atoms with van der Waals surface area (Å²) in [5, 5.41) is 2.89. The third kappa shape index (κ3) is 4.70. The van der Waals surface area contributed by atoms with E-state index in [1.54, 1.807) is 24.8 Å². The summed E-state index contributed by atoms with van der Waals surface area (Å²) in [6, 6.07) is 13.1. The first-order valence-corrected chi connectivity index (χ1v) is 9.84. The van der Waals surface area contributed by atoms with Crippen LogP contribution >= 0.6 is 0 Å². The number of ether oxygens (including phenoxy) is 2. The molecule has 1 aliphatic heterocycles. The molecule has 0 fully saturated rings. The van der Waals surface area contributed by atoms with Crippen LogP contribution in [0.4, 0.5) is 11.4 Å². The van der Waals surface area contributed by atoms with Crippen LogP contribution in [0.25, 0.3) is 0 Å². The number of fused-ring (bicyclic) bond motifs is 1. The largest absolute Gasteiger partial charge is 0.489 e. The number of benzene rings is 2. The van der Waals surface area contributed by atoms with Crippen molar-refractivity contribution >= 4 is 23.2 Å². The Morgan fingerprint density at radius 1 is 1.21 bits per heavy atom. The topological polar surface area (TPSA) is 67.9 Å². The van der Waals surface area contributed by atoms with Gasteiger partial charge in [0.1, 0.15) is 11.5 Å². The summed E-state index contributed by atoms with van der Waals surface area (Å²) in [6.07, 6.45) is 0.159.